The zero-order valence-electron chi connectivity index (χ0n) is 17.0. The number of likely N-dealkylation sites (tertiary alicyclic amines) is 1. The molecule has 1 saturated heterocycles. The second-order valence-electron chi connectivity index (χ2n) is 7.85. The number of hydrogen-bond acceptors (Lipinski definition) is 5. The van der Waals surface area contributed by atoms with E-state index in [2.05, 4.69) is 45.4 Å². The Balaban J connectivity index is 1.38. The molecule has 0 radical (unpaired) electrons. The zero-order valence-corrected chi connectivity index (χ0v) is 17.8. The molecule has 29 heavy (non-hydrogen) atoms. The molecular formula is C22H27N5OS. The van der Waals surface area contributed by atoms with Crippen LogP contribution in [0.1, 0.15) is 41.4 Å². The van der Waals surface area contributed by atoms with E-state index in [4.69, 9.17) is 0 Å². The van der Waals surface area contributed by atoms with Crippen LogP contribution in [-0.4, -0.2) is 38.7 Å². The molecule has 2 aromatic heterocycles. The molecular weight excluding hydrogens is 382 g/mol. The third-order valence-electron chi connectivity index (χ3n) is 5.52. The topological polar surface area (TPSA) is 63.1 Å². The Morgan fingerprint density at radius 2 is 2.00 bits per heavy atom. The van der Waals surface area contributed by atoms with Gasteiger partial charge >= 0.3 is 0 Å². The van der Waals surface area contributed by atoms with E-state index < -0.39 is 0 Å². The van der Waals surface area contributed by atoms with Gasteiger partial charge in [0.25, 0.3) is 5.91 Å². The first kappa shape index (κ1) is 19.8. The van der Waals surface area contributed by atoms with Crippen LogP contribution in [0.4, 0.5) is 0 Å². The highest BCUT2D eigenvalue weighted by Gasteiger charge is 2.17. The smallest absolute Gasteiger partial charge is 0.271 e. The molecule has 0 atom stereocenters. The van der Waals surface area contributed by atoms with Crippen LogP contribution >= 0.6 is 11.3 Å². The Labute approximate surface area is 175 Å². The Morgan fingerprint density at radius 1 is 1.24 bits per heavy atom. The van der Waals surface area contributed by atoms with Crippen LogP contribution in [-0.2, 0) is 20.1 Å². The number of aryl methyl sites for hydroxylation is 1. The minimum atomic E-state index is -0.141. The summed E-state index contributed by atoms with van der Waals surface area (Å²) < 4.78 is 1.73. The second-order valence-corrected chi connectivity index (χ2v) is 8.71. The highest BCUT2D eigenvalue weighted by molar-refractivity contribution is 7.13. The summed E-state index contributed by atoms with van der Waals surface area (Å²) in [4.78, 5) is 19.6. The van der Waals surface area contributed by atoms with Gasteiger partial charge in [0.05, 0.1) is 6.20 Å². The van der Waals surface area contributed by atoms with Crippen molar-refractivity contribution >= 4 is 17.2 Å². The maximum absolute atomic E-state index is 12.6. The lowest BCUT2D eigenvalue weighted by atomic mass is 9.98. The molecule has 7 heteroatoms. The standard InChI is InChI=1S/C22H27N5OS/c1-16-7-9-27(10-8-16)14-18-6-4-3-5-17(18)11-23-21(28)20-15-29-22(25-20)19-12-24-26(2)13-19/h3-6,12-13,15-16H,7-11,14H2,1-2H3,(H,23,28). The Hall–Kier alpha value is -2.51. The van der Waals surface area contributed by atoms with Gasteiger partial charge < -0.3 is 5.32 Å². The molecule has 4 rings (SSSR count). The maximum Gasteiger partial charge on any atom is 0.271 e. The molecule has 1 amide bonds. The first-order chi connectivity index (χ1) is 14.1. The number of amides is 1. The molecule has 3 heterocycles. The van der Waals surface area contributed by atoms with Crippen LogP contribution in [0, 0.1) is 5.92 Å². The molecule has 152 valence electrons. The van der Waals surface area contributed by atoms with Gasteiger partial charge in [-0.1, -0.05) is 31.2 Å². The first-order valence-corrected chi connectivity index (χ1v) is 11.0. The van der Waals surface area contributed by atoms with Gasteiger partial charge in [0, 0.05) is 37.3 Å². The number of carbonyl (C=O) groups excluding carboxylic acids is 1. The van der Waals surface area contributed by atoms with E-state index in [1.54, 1.807) is 16.3 Å². The molecule has 6 nitrogen and oxygen atoms in total. The monoisotopic (exact) mass is 409 g/mol. The molecule has 0 spiro atoms. The molecule has 3 aromatic rings. The number of piperidine rings is 1. The Morgan fingerprint density at radius 3 is 2.72 bits per heavy atom. The molecule has 0 saturated carbocycles. The number of aromatic nitrogens is 3. The minimum Gasteiger partial charge on any atom is -0.347 e. The predicted molar refractivity (Wildman–Crippen MR) is 116 cm³/mol. The fourth-order valence-corrected chi connectivity index (χ4v) is 4.43. The number of thiazole rings is 1. The lowest BCUT2D eigenvalue weighted by Gasteiger charge is -2.30. The third-order valence-corrected chi connectivity index (χ3v) is 6.41. The molecule has 0 bridgehead atoms. The predicted octanol–water partition coefficient (Wildman–Crippen LogP) is 3.71. The minimum absolute atomic E-state index is 0.141. The van der Waals surface area contributed by atoms with E-state index >= 15 is 0 Å². The number of rotatable bonds is 6. The van der Waals surface area contributed by atoms with Crippen molar-refractivity contribution in [2.45, 2.75) is 32.9 Å². The average Bonchev–Trinajstić information content (AvgIpc) is 3.38. The van der Waals surface area contributed by atoms with Crippen molar-refractivity contribution in [1.82, 2.24) is 25.0 Å². The van der Waals surface area contributed by atoms with Crippen LogP contribution in [0.25, 0.3) is 10.6 Å². The highest BCUT2D eigenvalue weighted by atomic mass is 32.1. The number of hydrogen-bond donors (Lipinski definition) is 1. The summed E-state index contributed by atoms with van der Waals surface area (Å²) in [5, 5.41) is 9.81. The van der Waals surface area contributed by atoms with E-state index in [9.17, 15) is 4.79 Å². The second kappa shape index (κ2) is 8.88. The molecule has 0 aliphatic carbocycles. The van der Waals surface area contributed by atoms with E-state index in [0.29, 0.717) is 12.2 Å². The summed E-state index contributed by atoms with van der Waals surface area (Å²) in [6, 6.07) is 8.38. The quantitative estimate of drug-likeness (QED) is 0.674. The molecule has 1 aliphatic heterocycles. The van der Waals surface area contributed by atoms with Crippen molar-refractivity contribution in [1.29, 1.82) is 0 Å². The highest BCUT2D eigenvalue weighted by Crippen LogP contribution is 2.23. The zero-order chi connectivity index (χ0) is 20.2. The maximum atomic E-state index is 12.6. The van der Waals surface area contributed by atoms with Crippen LogP contribution in [0.2, 0.25) is 0 Å². The summed E-state index contributed by atoms with van der Waals surface area (Å²) in [6.45, 7) is 6.09. The van der Waals surface area contributed by atoms with Gasteiger partial charge in [-0.05, 0) is 43.0 Å². The molecule has 1 fully saturated rings. The molecule has 1 N–H and O–H groups in total. The largest absolute Gasteiger partial charge is 0.347 e. The van der Waals surface area contributed by atoms with Crippen LogP contribution in [0.15, 0.2) is 42.0 Å². The fraction of sp³-hybridized carbons (Fsp3) is 0.409. The van der Waals surface area contributed by atoms with E-state index in [1.165, 1.54) is 35.3 Å². The lowest BCUT2D eigenvalue weighted by Crippen LogP contribution is -2.33. The van der Waals surface area contributed by atoms with Crippen molar-refractivity contribution < 1.29 is 4.79 Å². The molecule has 0 unspecified atom stereocenters. The lowest BCUT2D eigenvalue weighted by molar-refractivity contribution is 0.0946. The SMILES string of the molecule is CC1CCN(Cc2ccccc2CNC(=O)c2csc(-c3cnn(C)c3)n2)CC1. The van der Waals surface area contributed by atoms with Crippen LogP contribution < -0.4 is 5.32 Å². The molecule has 1 aliphatic rings. The Bertz CT molecular complexity index is 971. The van der Waals surface area contributed by atoms with Gasteiger partial charge in [0.15, 0.2) is 0 Å². The molecule has 1 aromatic carbocycles. The van der Waals surface area contributed by atoms with Gasteiger partial charge in [-0.15, -0.1) is 11.3 Å². The van der Waals surface area contributed by atoms with Gasteiger partial charge in [0.1, 0.15) is 10.7 Å². The van der Waals surface area contributed by atoms with Crippen molar-refractivity contribution in [3.8, 4) is 10.6 Å². The van der Waals surface area contributed by atoms with Gasteiger partial charge in [-0.3, -0.25) is 14.4 Å². The van der Waals surface area contributed by atoms with Crippen molar-refractivity contribution in [3.05, 3.63) is 58.9 Å². The van der Waals surface area contributed by atoms with E-state index in [-0.39, 0.29) is 5.91 Å². The number of nitrogens with zero attached hydrogens (tertiary/aromatic N) is 4. The number of nitrogens with one attached hydrogen (secondary N) is 1. The first-order valence-electron chi connectivity index (χ1n) is 10.1. The summed E-state index contributed by atoms with van der Waals surface area (Å²) in [5.74, 6) is 0.688. The van der Waals surface area contributed by atoms with Gasteiger partial charge in [-0.2, -0.15) is 5.10 Å². The number of carbonyl (C=O) groups is 1. The van der Waals surface area contributed by atoms with Crippen molar-refractivity contribution in [2.24, 2.45) is 13.0 Å². The summed E-state index contributed by atoms with van der Waals surface area (Å²) in [5.41, 5.74) is 3.84. The fourth-order valence-electron chi connectivity index (χ4n) is 3.65. The average molecular weight is 410 g/mol. The summed E-state index contributed by atoms with van der Waals surface area (Å²) in [7, 11) is 1.87. The van der Waals surface area contributed by atoms with Crippen molar-refractivity contribution in [2.75, 3.05) is 13.1 Å². The third kappa shape index (κ3) is 4.92. The van der Waals surface area contributed by atoms with Crippen LogP contribution in [0.5, 0.6) is 0 Å². The van der Waals surface area contributed by atoms with Gasteiger partial charge in [0.2, 0.25) is 0 Å². The summed E-state index contributed by atoms with van der Waals surface area (Å²) in [6.07, 6.45) is 6.19. The summed E-state index contributed by atoms with van der Waals surface area (Å²) >= 11 is 1.46. The normalized spacial score (nSPS) is 15.5. The Kier molecular flexibility index (Phi) is 6.06. The van der Waals surface area contributed by atoms with Gasteiger partial charge in [-0.25, -0.2) is 4.98 Å². The van der Waals surface area contributed by atoms with Crippen LogP contribution in [0.3, 0.4) is 0 Å². The van der Waals surface area contributed by atoms with E-state index in [1.807, 2.05) is 19.3 Å². The van der Waals surface area contributed by atoms with Crippen molar-refractivity contribution in [3.63, 3.8) is 0 Å². The van der Waals surface area contributed by atoms with E-state index in [0.717, 1.165) is 36.1 Å². The number of benzene rings is 1.